The van der Waals surface area contributed by atoms with Crippen molar-refractivity contribution in [3.63, 3.8) is 0 Å². The summed E-state index contributed by atoms with van der Waals surface area (Å²) >= 11 is 0. The Morgan fingerprint density at radius 3 is 2.74 bits per heavy atom. The van der Waals surface area contributed by atoms with Crippen molar-refractivity contribution in [1.82, 2.24) is 4.90 Å². The molecular weight excluding hydrogens is 249 g/mol. The zero-order chi connectivity index (χ0) is 14.0. The lowest BCUT2D eigenvalue weighted by atomic mass is 10.0. The van der Waals surface area contributed by atoms with E-state index in [0.717, 1.165) is 12.8 Å². The topological polar surface area (TPSA) is 57.6 Å². The van der Waals surface area contributed by atoms with Gasteiger partial charge in [0, 0.05) is 12.1 Å². The van der Waals surface area contributed by atoms with Crippen molar-refractivity contribution in [3.05, 3.63) is 35.1 Å². The van der Waals surface area contributed by atoms with Gasteiger partial charge in [0.05, 0.1) is 0 Å². The number of carboxylic acids is 1. The number of carbonyl (C=O) groups excluding carboxylic acids is 1. The van der Waals surface area contributed by atoms with Crippen LogP contribution in [0.4, 0.5) is 4.39 Å². The highest BCUT2D eigenvalue weighted by Crippen LogP contribution is 2.20. The largest absolute Gasteiger partial charge is 0.480 e. The van der Waals surface area contributed by atoms with Gasteiger partial charge in [-0.25, -0.2) is 9.18 Å². The van der Waals surface area contributed by atoms with Crippen LogP contribution >= 0.6 is 0 Å². The van der Waals surface area contributed by atoms with Gasteiger partial charge in [-0.05, 0) is 43.9 Å². The average molecular weight is 265 g/mol. The fraction of sp³-hybridized carbons (Fsp3) is 0.429. The van der Waals surface area contributed by atoms with E-state index >= 15 is 0 Å². The molecule has 0 unspecified atom stereocenters. The standard InChI is InChI=1S/C14H16FNO3/c1-9-5-6-10(8-11(9)15)13(17)16-7-3-2-4-12(16)14(18)19/h5-6,8,12H,2-4,7H2,1H3,(H,18,19)/t12-/m1/s1. The Kier molecular flexibility index (Phi) is 3.83. The fourth-order valence-electron chi connectivity index (χ4n) is 2.32. The van der Waals surface area contributed by atoms with E-state index in [4.69, 9.17) is 5.11 Å². The number of piperidine rings is 1. The molecular formula is C14H16FNO3. The maximum atomic E-state index is 13.5. The fourth-order valence-corrected chi connectivity index (χ4v) is 2.32. The molecule has 0 aliphatic carbocycles. The minimum absolute atomic E-state index is 0.205. The van der Waals surface area contributed by atoms with Crippen molar-refractivity contribution in [2.45, 2.75) is 32.2 Å². The molecule has 0 spiro atoms. The number of aryl methyl sites for hydroxylation is 1. The van der Waals surface area contributed by atoms with Gasteiger partial charge >= 0.3 is 5.97 Å². The summed E-state index contributed by atoms with van der Waals surface area (Å²) in [5.74, 6) is -1.86. The number of amides is 1. The molecule has 2 rings (SSSR count). The number of aliphatic carboxylic acids is 1. The van der Waals surface area contributed by atoms with Crippen LogP contribution in [-0.2, 0) is 4.79 Å². The molecule has 1 aliphatic rings. The van der Waals surface area contributed by atoms with Crippen LogP contribution in [0.1, 0.15) is 35.2 Å². The van der Waals surface area contributed by atoms with Crippen LogP contribution < -0.4 is 0 Å². The van der Waals surface area contributed by atoms with Crippen molar-refractivity contribution in [3.8, 4) is 0 Å². The van der Waals surface area contributed by atoms with Crippen LogP contribution in [0.5, 0.6) is 0 Å². The molecule has 0 aromatic heterocycles. The molecule has 19 heavy (non-hydrogen) atoms. The SMILES string of the molecule is Cc1ccc(C(=O)N2CCCC[C@@H]2C(=O)O)cc1F. The van der Waals surface area contributed by atoms with Gasteiger partial charge in [-0.15, -0.1) is 0 Å². The Morgan fingerprint density at radius 2 is 2.11 bits per heavy atom. The molecule has 1 heterocycles. The number of hydrogen-bond donors (Lipinski definition) is 1. The first-order chi connectivity index (χ1) is 9.00. The second kappa shape index (κ2) is 5.38. The normalized spacial score (nSPS) is 19.3. The molecule has 1 saturated heterocycles. The van der Waals surface area contributed by atoms with Crippen molar-refractivity contribution in [1.29, 1.82) is 0 Å². The average Bonchev–Trinajstić information content (AvgIpc) is 2.41. The molecule has 4 nitrogen and oxygen atoms in total. The summed E-state index contributed by atoms with van der Waals surface area (Å²) in [6.45, 7) is 2.02. The van der Waals surface area contributed by atoms with Gasteiger partial charge in [0.25, 0.3) is 5.91 Å². The summed E-state index contributed by atoms with van der Waals surface area (Å²) in [6, 6.07) is 3.44. The molecule has 0 bridgehead atoms. The first-order valence-electron chi connectivity index (χ1n) is 6.30. The first kappa shape index (κ1) is 13.5. The molecule has 1 aromatic carbocycles. The smallest absolute Gasteiger partial charge is 0.326 e. The monoisotopic (exact) mass is 265 g/mol. The molecule has 102 valence electrons. The van der Waals surface area contributed by atoms with E-state index in [0.29, 0.717) is 18.5 Å². The lowest BCUT2D eigenvalue weighted by Crippen LogP contribution is -2.48. The van der Waals surface area contributed by atoms with E-state index in [1.807, 2.05) is 0 Å². The van der Waals surface area contributed by atoms with Gasteiger partial charge in [0.2, 0.25) is 0 Å². The third kappa shape index (κ3) is 2.75. The number of carboxylic acid groups (broad SMARTS) is 1. The van der Waals surface area contributed by atoms with Crippen LogP contribution in [-0.4, -0.2) is 34.5 Å². The zero-order valence-electron chi connectivity index (χ0n) is 10.7. The molecule has 5 heteroatoms. The number of hydrogen-bond acceptors (Lipinski definition) is 2. The molecule has 1 fully saturated rings. The lowest BCUT2D eigenvalue weighted by Gasteiger charge is -2.33. The first-order valence-corrected chi connectivity index (χ1v) is 6.30. The van der Waals surface area contributed by atoms with Crippen LogP contribution in [0.3, 0.4) is 0 Å². The summed E-state index contributed by atoms with van der Waals surface area (Å²) in [6.07, 6.45) is 2.03. The lowest BCUT2D eigenvalue weighted by molar-refractivity contribution is -0.143. The van der Waals surface area contributed by atoms with Gasteiger partial charge in [-0.3, -0.25) is 4.79 Å². The molecule has 1 amide bonds. The third-order valence-electron chi connectivity index (χ3n) is 3.47. The Labute approximate surface area is 110 Å². The van der Waals surface area contributed by atoms with Crippen molar-refractivity contribution >= 4 is 11.9 Å². The highest BCUT2D eigenvalue weighted by molar-refractivity contribution is 5.96. The highest BCUT2D eigenvalue weighted by Gasteiger charge is 2.32. The number of rotatable bonds is 2. The number of carbonyl (C=O) groups is 2. The zero-order valence-corrected chi connectivity index (χ0v) is 10.7. The molecule has 1 aromatic rings. The predicted octanol–water partition coefficient (Wildman–Crippen LogP) is 2.21. The van der Waals surface area contributed by atoms with E-state index < -0.39 is 23.7 Å². The number of halogens is 1. The maximum absolute atomic E-state index is 13.5. The summed E-state index contributed by atoms with van der Waals surface area (Å²) in [4.78, 5) is 24.8. The summed E-state index contributed by atoms with van der Waals surface area (Å²) in [7, 11) is 0. The van der Waals surface area contributed by atoms with Crippen molar-refractivity contribution in [2.75, 3.05) is 6.54 Å². The minimum Gasteiger partial charge on any atom is -0.480 e. The maximum Gasteiger partial charge on any atom is 0.326 e. The van der Waals surface area contributed by atoms with Gasteiger partial charge < -0.3 is 10.0 Å². The Bertz CT molecular complexity index is 515. The van der Waals surface area contributed by atoms with E-state index in [1.54, 1.807) is 6.92 Å². The van der Waals surface area contributed by atoms with Gasteiger partial charge in [0.1, 0.15) is 11.9 Å². The molecule has 1 N–H and O–H groups in total. The van der Waals surface area contributed by atoms with Crippen LogP contribution in [0, 0.1) is 12.7 Å². The number of nitrogens with zero attached hydrogens (tertiary/aromatic N) is 1. The Hall–Kier alpha value is -1.91. The molecule has 1 atom stereocenters. The van der Waals surface area contributed by atoms with Crippen molar-refractivity contribution in [2.24, 2.45) is 0 Å². The number of benzene rings is 1. The van der Waals surface area contributed by atoms with Crippen LogP contribution in [0.2, 0.25) is 0 Å². The Morgan fingerprint density at radius 1 is 1.37 bits per heavy atom. The van der Waals surface area contributed by atoms with Gasteiger partial charge in [-0.1, -0.05) is 6.07 Å². The highest BCUT2D eigenvalue weighted by atomic mass is 19.1. The second-order valence-electron chi connectivity index (χ2n) is 4.81. The van der Waals surface area contributed by atoms with E-state index in [1.165, 1.54) is 23.1 Å². The summed E-state index contributed by atoms with van der Waals surface area (Å²) in [5, 5.41) is 9.14. The molecule has 1 aliphatic heterocycles. The van der Waals surface area contributed by atoms with Crippen molar-refractivity contribution < 1.29 is 19.1 Å². The third-order valence-corrected chi connectivity index (χ3v) is 3.47. The summed E-state index contributed by atoms with van der Waals surface area (Å²) < 4.78 is 13.5. The minimum atomic E-state index is -0.999. The van der Waals surface area contributed by atoms with E-state index in [2.05, 4.69) is 0 Å². The van der Waals surface area contributed by atoms with Crippen LogP contribution in [0.25, 0.3) is 0 Å². The predicted molar refractivity (Wildman–Crippen MR) is 67.4 cm³/mol. The van der Waals surface area contributed by atoms with Crippen LogP contribution in [0.15, 0.2) is 18.2 Å². The number of likely N-dealkylation sites (tertiary alicyclic amines) is 1. The molecule has 0 saturated carbocycles. The molecule has 0 radical (unpaired) electrons. The van der Waals surface area contributed by atoms with E-state index in [-0.39, 0.29) is 5.56 Å². The quantitative estimate of drug-likeness (QED) is 0.892. The Balaban J connectivity index is 2.26. The van der Waals surface area contributed by atoms with Gasteiger partial charge in [0.15, 0.2) is 0 Å². The van der Waals surface area contributed by atoms with Gasteiger partial charge in [-0.2, -0.15) is 0 Å². The van der Waals surface area contributed by atoms with E-state index in [9.17, 15) is 14.0 Å². The summed E-state index contributed by atoms with van der Waals surface area (Å²) in [5.41, 5.74) is 0.668. The second-order valence-corrected chi connectivity index (χ2v) is 4.81.